The van der Waals surface area contributed by atoms with Crippen molar-refractivity contribution in [2.45, 2.75) is 18.9 Å². The van der Waals surface area contributed by atoms with Crippen molar-refractivity contribution in [3.63, 3.8) is 0 Å². The molecule has 0 N–H and O–H groups in total. The van der Waals surface area contributed by atoms with Crippen molar-refractivity contribution in [1.82, 2.24) is 14.7 Å². The zero-order valence-corrected chi connectivity index (χ0v) is 11.7. The van der Waals surface area contributed by atoms with E-state index in [4.69, 9.17) is 4.74 Å². The average Bonchev–Trinajstić information content (AvgIpc) is 2.32. The van der Waals surface area contributed by atoms with Crippen LogP contribution in [0.15, 0.2) is 0 Å². The van der Waals surface area contributed by atoms with E-state index in [1.807, 2.05) is 0 Å². The molecule has 3 heterocycles. The Bertz CT molecular complexity index is 254. The summed E-state index contributed by atoms with van der Waals surface area (Å²) in [6.07, 6.45) is 2.79. The van der Waals surface area contributed by atoms with Crippen LogP contribution in [0.2, 0.25) is 0 Å². The maximum atomic E-state index is 5.29. The molecule has 0 aliphatic carbocycles. The molecule has 0 atom stereocenters. The minimum atomic E-state index is 0.732. The van der Waals surface area contributed by atoms with Gasteiger partial charge in [0.25, 0.3) is 0 Å². The number of hydrogen-bond donors (Lipinski definition) is 0. The fraction of sp³-hybridized carbons (Fsp3) is 1.00. The van der Waals surface area contributed by atoms with E-state index in [1.54, 1.807) is 0 Å². The number of piperidine rings is 1. The summed E-state index contributed by atoms with van der Waals surface area (Å²) in [5.74, 6) is 0.944. The van der Waals surface area contributed by atoms with Crippen LogP contribution in [-0.2, 0) is 4.74 Å². The van der Waals surface area contributed by atoms with Crippen molar-refractivity contribution in [2.24, 2.45) is 5.92 Å². The molecule has 0 spiro atoms. The second-order valence-corrected chi connectivity index (χ2v) is 6.27. The Balaban J connectivity index is 1.37. The first-order valence-corrected chi connectivity index (χ1v) is 7.54. The van der Waals surface area contributed by atoms with Crippen LogP contribution in [0.1, 0.15) is 12.8 Å². The largest absolute Gasteiger partial charge is 0.378 e. The molecule has 3 saturated heterocycles. The van der Waals surface area contributed by atoms with Crippen molar-refractivity contribution in [1.29, 1.82) is 0 Å². The predicted molar refractivity (Wildman–Crippen MR) is 72.8 cm³/mol. The van der Waals surface area contributed by atoms with Gasteiger partial charge in [0.05, 0.1) is 19.3 Å². The van der Waals surface area contributed by atoms with E-state index in [-0.39, 0.29) is 0 Å². The van der Waals surface area contributed by atoms with Gasteiger partial charge in [-0.25, -0.2) is 0 Å². The highest BCUT2D eigenvalue weighted by atomic mass is 16.5. The fourth-order valence-corrected chi connectivity index (χ4v) is 3.35. The number of rotatable bonds is 3. The standard InChI is InChI=1S/C14H27N3O/c1-15-4-2-13(3-5-15)10-16-6-8-17(9-7-16)14-11-18-12-14/h13-14H,2-12H2,1H3. The molecule has 0 aromatic carbocycles. The molecule has 4 nitrogen and oxygen atoms in total. The molecule has 18 heavy (non-hydrogen) atoms. The summed E-state index contributed by atoms with van der Waals surface area (Å²) in [5, 5.41) is 0. The van der Waals surface area contributed by atoms with E-state index in [0.717, 1.165) is 25.2 Å². The van der Waals surface area contributed by atoms with E-state index < -0.39 is 0 Å². The molecule has 4 heteroatoms. The lowest BCUT2D eigenvalue weighted by Gasteiger charge is -2.43. The SMILES string of the molecule is CN1CCC(CN2CCN(C3COC3)CC2)CC1. The van der Waals surface area contributed by atoms with Crippen molar-refractivity contribution in [3.8, 4) is 0 Å². The van der Waals surface area contributed by atoms with Crippen LogP contribution in [0.4, 0.5) is 0 Å². The Morgan fingerprint density at radius 1 is 0.944 bits per heavy atom. The maximum Gasteiger partial charge on any atom is 0.0645 e. The van der Waals surface area contributed by atoms with Gasteiger partial charge in [0.2, 0.25) is 0 Å². The number of ether oxygens (including phenoxy) is 1. The van der Waals surface area contributed by atoms with Crippen LogP contribution in [0.3, 0.4) is 0 Å². The lowest BCUT2D eigenvalue weighted by molar-refractivity contribution is -0.0779. The molecule has 0 aromatic heterocycles. The van der Waals surface area contributed by atoms with Gasteiger partial charge in [0.15, 0.2) is 0 Å². The lowest BCUT2D eigenvalue weighted by Crippen LogP contribution is -2.57. The van der Waals surface area contributed by atoms with E-state index in [9.17, 15) is 0 Å². The monoisotopic (exact) mass is 253 g/mol. The summed E-state index contributed by atoms with van der Waals surface area (Å²) in [7, 11) is 2.25. The molecular weight excluding hydrogens is 226 g/mol. The lowest BCUT2D eigenvalue weighted by atomic mass is 9.96. The van der Waals surface area contributed by atoms with Gasteiger partial charge < -0.3 is 14.5 Å². The Kier molecular flexibility index (Phi) is 4.19. The molecule has 0 unspecified atom stereocenters. The van der Waals surface area contributed by atoms with Crippen LogP contribution in [0.5, 0.6) is 0 Å². The third-order valence-electron chi connectivity index (χ3n) is 4.90. The van der Waals surface area contributed by atoms with Crippen molar-refractivity contribution in [2.75, 3.05) is 66.1 Å². The highest BCUT2D eigenvalue weighted by molar-refractivity contribution is 4.83. The number of piperazine rings is 1. The summed E-state index contributed by atoms with van der Waals surface area (Å²) < 4.78 is 5.29. The molecule has 0 saturated carbocycles. The van der Waals surface area contributed by atoms with Crippen LogP contribution in [0, 0.1) is 5.92 Å². The first-order chi connectivity index (χ1) is 8.81. The highest BCUT2D eigenvalue weighted by Gasteiger charge is 2.29. The number of hydrogen-bond acceptors (Lipinski definition) is 4. The van der Waals surface area contributed by atoms with Crippen LogP contribution >= 0.6 is 0 Å². The smallest absolute Gasteiger partial charge is 0.0645 e. The molecule has 3 aliphatic heterocycles. The van der Waals surface area contributed by atoms with Gasteiger partial charge in [-0.1, -0.05) is 0 Å². The van der Waals surface area contributed by atoms with Crippen LogP contribution in [0.25, 0.3) is 0 Å². The van der Waals surface area contributed by atoms with Gasteiger partial charge >= 0.3 is 0 Å². The molecule has 104 valence electrons. The van der Waals surface area contributed by atoms with Gasteiger partial charge in [0.1, 0.15) is 0 Å². The molecule has 0 radical (unpaired) electrons. The topological polar surface area (TPSA) is 19.0 Å². The third-order valence-corrected chi connectivity index (χ3v) is 4.90. The Morgan fingerprint density at radius 2 is 1.61 bits per heavy atom. The fourth-order valence-electron chi connectivity index (χ4n) is 3.35. The molecule has 3 aliphatic rings. The van der Waals surface area contributed by atoms with Gasteiger partial charge in [-0.3, -0.25) is 4.90 Å². The summed E-state index contributed by atoms with van der Waals surface area (Å²) >= 11 is 0. The van der Waals surface area contributed by atoms with Crippen molar-refractivity contribution < 1.29 is 4.74 Å². The van der Waals surface area contributed by atoms with Gasteiger partial charge in [-0.15, -0.1) is 0 Å². The minimum absolute atomic E-state index is 0.732. The van der Waals surface area contributed by atoms with E-state index >= 15 is 0 Å². The van der Waals surface area contributed by atoms with E-state index in [2.05, 4.69) is 21.7 Å². The van der Waals surface area contributed by atoms with Gasteiger partial charge in [-0.2, -0.15) is 0 Å². The summed E-state index contributed by atoms with van der Waals surface area (Å²) in [6.45, 7) is 10.9. The molecule has 0 aromatic rings. The number of likely N-dealkylation sites (tertiary alicyclic amines) is 1. The second kappa shape index (κ2) is 5.87. The maximum absolute atomic E-state index is 5.29. The molecule has 3 rings (SSSR count). The van der Waals surface area contributed by atoms with Crippen molar-refractivity contribution in [3.05, 3.63) is 0 Å². The molecule has 3 fully saturated rings. The summed E-state index contributed by atoms with van der Waals surface area (Å²) in [6, 6.07) is 0.732. The highest BCUT2D eigenvalue weighted by Crippen LogP contribution is 2.19. The first-order valence-electron chi connectivity index (χ1n) is 7.54. The van der Waals surface area contributed by atoms with Gasteiger partial charge in [0, 0.05) is 32.7 Å². The quantitative estimate of drug-likeness (QED) is 0.722. The Morgan fingerprint density at radius 3 is 2.17 bits per heavy atom. The second-order valence-electron chi connectivity index (χ2n) is 6.27. The predicted octanol–water partition coefficient (Wildman–Crippen LogP) is 0.345. The summed E-state index contributed by atoms with van der Waals surface area (Å²) in [5.41, 5.74) is 0. The number of nitrogens with zero attached hydrogens (tertiary/aromatic N) is 3. The van der Waals surface area contributed by atoms with E-state index in [1.165, 1.54) is 58.7 Å². The van der Waals surface area contributed by atoms with Gasteiger partial charge in [-0.05, 0) is 38.9 Å². The van der Waals surface area contributed by atoms with E-state index in [0.29, 0.717) is 0 Å². The van der Waals surface area contributed by atoms with Crippen LogP contribution < -0.4 is 0 Å². The molecular formula is C14H27N3O. The normalized spacial score (nSPS) is 30.5. The van der Waals surface area contributed by atoms with Crippen LogP contribution in [-0.4, -0.2) is 86.8 Å². The molecule has 0 bridgehead atoms. The minimum Gasteiger partial charge on any atom is -0.378 e. The Hall–Kier alpha value is -0.160. The zero-order chi connectivity index (χ0) is 12.4. The third kappa shape index (κ3) is 3.05. The van der Waals surface area contributed by atoms with Crippen molar-refractivity contribution >= 4 is 0 Å². The zero-order valence-electron chi connectivity index (χ0n) is 11.7. The molecule has 0 amide bonds. The average molecular weight is 253 g/mol. The summed E-state index contributed by atoms with van der Waals surface area (Å²) in [4.78, 5) is 7.77. The first kappa shape index (κ1) is 12.9. The Labute approximate surface area is 111 Å².